The number of hydrogen-bond donors (Lipinski definition) is 6. The highest BCUT2D eigenvalue weighted by molar-refractivity contribution is 7.47. The first-order chi connectivity index (χ1) is 28.6. The van der Waals surface area contributed by atoms with Crippen LogP contribution < -0.4 is 0 Å². The number of aliphatic hydroxyl groups is 3. The van der Waals surface area contributed by atoms with Gasteiger partial charge in [0.2, 0.25) is 0 Å². The minimum atomic E-state index is -4.89. The van der Waals surface area contributed by atoms with Crippen molar-refractivity contribution in [2.45, 2.75) is 180 Å². The second kappa shape index (κ2) is 37.5. The molecule has 0 saturated carbocycles. The van der Waals surface area contributed by atoms with Gasteiger partial charge in [-0.05, 0) is 38.0 Å². The first-order valence-electron chi connectivity index (χ1n) is 21.9. The lowest BCUT2D eigenvalue weighted by molar-refractivity contribution is -0.161. The van der Waals surface area contributed by atoms with Crippen molar-refractivity contribution in [3.05, 3.63) is 48.6 Å². The van der Waals surface area contributed by atoms with Crippen molar-refractivity contribution in [3.63, 3.8) is 0 Å². The van der Waals surface area contributed by atoms with Crippen LogP contribution >= 0.6 is 15.6 Å². The van der Waals surface area contributed by atoms with E-state index in [9.17, 15) is 38.9 Å². The van der Waals surface area contributed by atoms with Gasteiger partial charge in [-0.2, -0.15) is 0 Å². The monoisotopic (exact) mass is 896 g/mol. The largest absolute Gasteiger partial charge is 0.472 e. The van der Waals surface area contributed by atoms with Crippen LogP contribution in [0.2, 0.25) is 0 Å². The molecule has 350 valence electrons. The number of carbonyl (C=O) groups is 2. The number of rotatable bonds is 40. The molecule has 0 fully saturated rings. The van der Waals surface area contributed by atoms with Gasteiger partial charge >= 0.3 is 27.6 Å². The van der Waals surface area contributed by atoms with E-state index in [1.165, 1.54) is 44.9 Å². The molecule has 6 atom stereocenters. The molecule has 0 aromatic carbocycles. The van der Waals surface area contributed by atoms with E-state index in [4.69, 9.17) is 23.8 Å². The molecule has 0 aromatic rings. The third kappa shape index (κ3) is 40.1. The van der Waals surface area contributed by atoms with E-state index in [0.29, 0.717) is 12.8 Å². The van der Waals surface area contributed by atoms with Crippen LogP contribution in [0, 0.1) is 5.92 Å². The maximum absolute atomic E-state index is 12.7. The number of phosphoric acid groups is 2. The van der Waals surface area contributed by atoms with Crippen molar-refractivity contribution in [3.8, 4) is 0 Å². The number of hydrogen-bond acceptors (Lipinski definition) is 12. The fourth-order valence-corrected chi connectivity index (χ4v) is 6.81. The summed E-state index contributed by atoms with van der Waals surface area (Å²) in [6.07, 6.45) is 28.9. The Balaban J connectivity index is 4.77. The maximum Gasteiger partial charge on any atom is 0.472 e. The number of aliphatic hydroxyl groups excluding tert-OH is 3. The quantitative estimate of drug-likeness (QED) is 0.0146. The zero-order chi connectivity index (χ0) is 44.9. The molecule has 60 heavy (non-hydrogen) atoms. The van der Waals surface area contributed by atoms with Crippen molar-refractivity contribution in [1.29, 1.82) is 0 Å². The predicted molar refractivity (Wildman–Crippen MR) is 233 cm³/mol. The average molecular weight is 897 g/mol. The van der Waals surface area contributed by atoms with E-state index in [1.807, 2.05) is 24.3 Å². The number of carbonyl (C=O) groups excluding carboxylic acids is 2. The van der Waals surface area contributed by atoms with E-state index >= 15 is 0 Å². The molecule has 15 nitrogen and oxygen atoms in total. The van der Waals surface area contributed by atoms with Crippen LogP contribution in [-0.4, -0.2) is 92.8 Å². The SMILES string of the molecule is CCCCC[C@@H](O)/C=C/C=C\C/C=C\C=C\[C@@H](O)CCCC(=O)O[C@H](COC(=O)CCCCCCCCCCCCC(C)CC)COP(=O)(O)OC[C@@H](O)COP(=O)(O)O. The molecule has 6 N–H and O–H groups in total. The first kappa shape index (κ1) is 58.0. The Morgan fingerprint density at radius 1 is 0.583 bits per heavy atom. The fourth-order valence-electron chi connectivity index (χ4n) is 5.65. The van der Waals surface area contributed by atoms with Crippen LogP contribution in [0.1, 0.15) is 156 Å². The molecular weight excluding hydrogens is 818 g/mol. The van der Waals surface area contributed by atoms with Gasteiger partial charge in [0.05, 0.1) is 32.0 Å². The van der Waals surface area contributed by atoms with Crippen LogP contribution in [0.4, 0.5) is 0 Å². The van der Waals surface area contributed by atoms with Gasteiger partial charge in [-0.25, -0.2) is 9.13 Å². The summed E-state index contributed by atoms with van der Waals surface area (Å²) >= 11 is 0. The molecule has 0 rings (SSSR count). The van der Waals surface area contributed by atoms with E-state index in [2.05, 4.69) is 29.8 Å². The second-order valence-electron chi connectivity index (χ2n) is 15.3. The normalized spacial score (nSPS) is 16.1. The molecule has 0 bridgehead atoms. The van der Waals surface area contributed by atoms with Crippen LogP contribution in [0.5, 0.6) is 0 Å². The van der Waals surface area contributed by atoms with Gasteiger partial charge in [0.1, 0.15) is 12.7 Å². The molecule has 2 unspecified atom stereocenters. The van der Waals surface area contributed by atoms with E-state index < -0.39 is 78.4 Å². The van der Waals surface area contributed by atoms with E-state index in [0.717, 1.165) is 57.3 Å². The van der Waals surface area contributed by atoms with Gasteiger partial charge in [-0.1, -0.05) is 159 Å². The Bertz CT molecular complexity index is 1300. The minimum Gasteiger partial charge on any atom is -0.462 e. The molecule has 0 heterocycles. The molecule has 0 aliphatic carbocycles. The smallest absolute Gasteiger partial charge is 0.462 e. The Morgan fingerprint density at radius 3 is 1.65 bits per heavy atom. The van der Waals surface area contributed by atoms with Crippen LogP contribution in [0.3, 0.4) is 0 Å². The van der Waals surface area contributed by atoms with Gasteiger partial charge in [0.15, 0.2) is 6.10 Å². The number of allylic oxidation sites excluding steroid dienone is 6. The second-order valence-corrected chi connectivity index (χ2v) is 18.0. The van der Waals surface area contributed by atoms with Crippen molar-refractivity contribution in [1.82, 2.24) is 0 Å². The van der Waals surface area contributed by atoms with Crippen LogP contribution in [-0.2, 0) is 41.8 Å². The predicted octanol–water partition coefficient (Wildman–Crippen LogP) is 8.86. The molecule has 0 aliphatic heterocycles. The third-order valence-corrected chi connectivity index (χ3v) is 10.9. The number of unbranched alkanes of at least 4 members (excludes halogenated alkanes) is 11. The molecule has 0 radical (unpaired) electrons. The lowest BCUT2D eigenvalue weighted by atomic mass is 9.99. The minimum absolute atomic E-state index is 0.117. The van der Waals surface area contributed by atoms with Gasteiger partial charge in [0, 0.05) is 12.8 Å². The summed E-state index contributed by atoms with van der Waals surface area (Å²) in [5.41, 5.74) is 0. The molecular formula is C43H78O15P2. The summed E-state index contributed by atoms with van der Waals surface area (Å²) in [5, 5.41) is 29.9. The topological polar surface area (TPSA) is 236 Å². The van der Waals surface area contributed by atoms with Gasteiger partial charge < -0.3 is 39.5 Å². The summed E-state index contributed by atoms with van der Waals surface area (Å²) < 4.78 is 47.6. The van der Waals surface area contributed by atoms with E-state index in [-0.39, 0.29) is 25.7 Å². The molecule has 0 saturated heterocycles. The van der Waals surface area contributed by atoms with E-state index in [1.54, 1.807) is 24.3 Å². The summed E-state index contributed by atoms with van der Waals surface area (Å²) in [5.74, 6) is -0.450. The third-order valence-electron chi connectivity index (χ3n) is 9.46. The molecule has 17 heteroatoms. The van der Waals surface area contributed by atoms with Crippen molar-refractivity contribution in [2.24, 2.45) is 5.92 Å². The Hall–Kier alpha value is -2.00. The summed E-state index contributed by atoms with van der Waals surface area (Å²) in [7, 11) is -9.76. The standard InChI is InChI=1S/C43H78O15P2/c1-4-6-20-27-38(44)28-22-17-13-11-14-18-23-29-39(45)30-25-32-43(48)58-41(36-57-60(52,53)56-34-40(46)33-55-59(49,50)51)35-54-42(47)31-24-19-15-10-8-7-9-12-16-21-26-37(3)5-2/h13-14,17-18,22-23,28-29,37-41,44-46H,4-12,15-16,19-21,24-27,30-36H2,1-3H3,(H,52,53)(H2,49,50,51)/b17-13-,18-14-,28-22+,29-23+/t37?,38-,39-,40+,41-/m1/s1. The maximum atomic E-state index is 12.7. The number of phosphoric ester groups is 2. The zero-order valence-corrected chi connectivity index (χ0v) is 38.2. The average Bonchev–Trinajstić information content (AvgIpc) is 3.19. The highest BCUT2D eigenvalue weighted by Gasteiger charge is 2.28. The highest BCUT2D eigenvalue weighted by Crippen LogP contribution is 2.43. The number of ether oxygens (including phenoxy) is 2. The Kier molecular flexibility index (Phi) is 36.3. The highest BCUT2D eigenvalue weighted by atomic mass is 31.2. The summed E-state index contributed by atoms with van der Waals surface area (Å²) in [4.78, 5) is 52.7. The van der Waals surface area contributed by atoms with Crippen molar-refractivity contribution >= 4 is 27.6 Å². The fraction of sp³-hybridized carbons (Fsp3) is 0.767. The van der Waals surface area contributed by atoms with Gasteiger partial charge in [-0.3, -0.25) is 23.2 Å². The van der Waals surface area contributed by atoms with Crippen molar-refractivity contribution in [2.75, 3.05) is 26.4 Å². The number of esters is 2. The summed E-state index contributed by atoms with van der Waals surface area (Å²) in [6.45, 7) is 3.71. The van der Waals surface area contributed by atoms with Crippen LogP contribution in [0.15, 0.2) is 48.6 Å². The molecule has 0 aromatic heterocycles. The van der Waals surface area contributed by atoms with Gasteiger partial charge in [-0.15, -0.1) is 0 Å². The Morgan fingerprint density at radius 2 is 1.08 bits per heavy atom. The molecule has 0 aliphatic rings. The lowest BCUT2D eigenvalue weighted by Crippen LogP contribution is -2.30. The Labute approximate surface area is 359 Å². The van der Waals surface area contributed by atoms with Crippen LogP contribution in [0.25, 0.3) is 0 Å². The van der Waals surface area contributed by atoms with Crippen molar-refractivity contribution < 1.29 is 71.8 Å². The van der Waals surface area contributed by atoms with Gasteiger partial charge in [0.25, 0.3) is 0 Å². The molecule has 0 amide bonds. The molecule has 0 spiro atoms. The first-order valence-corrected chi connectivity index (χ1v) is 25.0. The zero-order valence-electron chi connectivity index (χ0n) is 36.4. The summed E-state index contributed by atoms with van der Waals surface area (Å²) in [6, 6.07) is 0. The lowest BCUT2D eigenvalue weighted by Gasteiger charge is -2.20.